The number of pyridine rings is 1. The Hall–Kier alpha value is -3.48. The molecule has 3 aromatic rings. The summed E-state index contributed by atoms with van der Waals surface area (Å²) >= 11 is 0. The van der Waals surface area contributed by atoms with Gasteiger partial charge in [-0.1, -0.05) is 12.1 Å². The Labute approximate surface area is 154 Å². The van der Waals surface area contributed by atoms with E-state index in [1.807, 2.05) is 0 Å². The van der Waals surface area contributed by atoms with Crippen molar-refractivity contribution in [3.05, 3.63) is 71.8 Å². The van der Waals surface area contributed by atoms with Crippen molar-refractivity contribution in [2.45, 2.75) is 0 Å². The van der Waals surface area contributed by atoms with E-state index in [-0.39, 0.29) is 28.5 Å². The molecule has 0 atom stereocenters. The highest BCUT2D eigenvalue weighted by Crippen LogP contribution is 2.30. The minimum absolute atomic E-state index is 0.106. The summed E-state index contributed by atoms with van der Waals surface area (Å²) in [5, 5.41) is 2.36. The third-order valence-electron chi connectivity index (χ3n) is 3.81. The fraction of sp³-hybridized carbons (Fsp3) is 0.100. The molecule has 1 heterocycles. The molecule has 3 rings (SSSR count). The second-order valence-electron chi connectivity index (χ2n) is 5.51. The van der Waals surface area contributed by atoms with Crippen molar-refractivity contribution in [1.82, 2.24) is 10.3 Å². The van der Waals surface area contributed by atoms with E-state index >= 15 is 0 Å². The Bertz CT molecular complexity index is 993. The number of hydrogen-bond acceptors (Lipinski definition) is 4. The summed E-state index contributed by atoms with van der Waals surface area (Å²) in [5.74, 6) is -1.27. The summed E-state index contributed by atoms with van der Waals surface area (Å²) < 4.78 is 38.8. The van der Waals surface area contributed by atoms with Gasteiger partial charge in [0.15, 0.2) is 11.6 Å². The van der Waals surface area contributed by atoms with Crippen LogP contribution in [-0.2, 0) is 0 Å². The summed E-state index contributed by atoms with van der Waals surface area (Å²) in [6, 6.07) is 13.4. The first-order chi connectivity index (χ1) is 13.0. The highest BCUT2D eigenvalue weighted by molar-refractivity contribution is 5.94. The first-order valence-electron chi connectivity index (χ1n) is 8.03. The van der Waals surface area contributed by atoms with Crippen molar-refractivity contribution in [3.63, 3.8) is 0 Å². The standard InChI is InChI=1S/C20H16F2N2O3/c1-23-20(25)14-11-12(9-10-15(14)21)27-18-8-4-6-16(24-18)13-5-3-7-17(26-2)19(13)22/h3-11H,1-2H3,(H,23,25). The molecule has 0 aliphatic carbocycles. The largest absolute Gasteiger partial charge is 0.494 e. The van der Waals surface area contributed by atoms with Gasteiger partial charge in [0.2, 0.25) is 5.88 Å². The lowest BCUT2D eigenvalue weighted by Gasteiger charge is -2.10. The molecule has 27 heavy (non-hydrogen) atoms. The summed E-state index contributed by atoms with van der Waals surface area (Å²) in [4.78, 5) is 16.0. The van der Waals surface area contributed by atoms with Crippen LogP contribution in [0, 0.1) is 11.6 Å². The molecular formula is C20H16F2N2O3. The molecule has 0 unspecified atom stereocenters. The smallest absolute Gasteiger partial charge is 0.254 e. The zero-order valence-electron chi connectivity index (χ0n) is 14.6. The number of carbonyl (C=O) groups is 1. The van der Waals surface area contributed by atoms with Crippen LogP contribution in [0.25, 0.3) is 11.3 Å². The topological polar surface area (TPSA) is 60.5 Å². The van der Waals surface area contributed by atoms with E-state index in [1.165, 1.54) is 32.4 Å². The van der Waals surface area contributed by atoms with E-state index < -0.39 is 17.5 Å². The molecule has 0 saturated carbocycles. The van der Waals surface area contributed by atoms with E-state index in [2.05, 4.69) is 10.3 Å². The van der Waals surface area contributed by atoms with Crippen LogP contribution in [0.3, 0.4) is 0 Å². The zero-order valence-corrected chi connectivity index (χ0v) is 14.6. The maximum Gasteiger partial charge on any atom is 0.254 e. The number of halogens is 2. The number of ether oxygens (including phenoxy) is 2. The van der Waals surface area contributed by atoms with Crippen LogP contribution in [0.4, 0.5) is 8.78 Å². The fourth-order valence-corrected chi connectivity index (χ4v) is 2.49. The molecule has 0 spiro atoms. The predicted molar refractivity (Wildman–Crippen MR) is 96.0 cm³/mol. The Morgan fingerprint density at radius 1 is 1.07 bits per heavy atom. The van der Waals surface area contributed by atoms with Gasteiger partial charge in [0, 0.05) is 18.7 Å². The molecule has 0 aliphatic rings. The van der Waals surface area contributed by atoms with Crippen LogP contribution in [0.1, 0.15) is 10.4 Å². The first kappa shape index (κ1) is 18.3. The number of hydrogen-bond donors (Lipinski definition) is 1. The molecule has 138 valence electrons. The van der Waals surface area contributed by atoms with E-state index in [4.69, 9.17) is 9.47 Å². The van der Waals surface area contributed by atoms with E-state index in [1.54, 1.807) is 30.3 Å². The SMILES string of the molecule is CNC(=O)c1cc(Oc2cccc(-c3cccc(OC)c3F)n2)ccc1F. The third-order valence-corrected chi connectivity index (χ3v) is 3.81. The number of nitrogens with zero attached hydrogens (tertiary/aromatic N) is 1. The summed E-state index contributed by atoms with van der Waals surface area (Å²) in [6.45, 7) is 0. The summed E-state index contributed by atoms with van der Waals surface area (Å²) in [6.07, 6.45) is 0. The van der Waals surface area contributed by atoms with Gasteiger partial charge in [-0.25, -0.2) is 13.8 Å². The minimum atomic E-state index is -0.665. The van der Waals surface area contributed by atoms with Crippen LogP contribution in [0.15, 0.2) is 54.6 Å². The van der Waals surface area contributed by atoms with Gasteiger partial charge >= 0.3 is 0 Å². The highest BCUT2D eigenvalue weighted by Gasteiger charge is 2.14. The molecule has 0 fully saturated rings. The number of methoxy groups -OCH3 is 1. The minimum Gasteiger partial charge on any atom is -0.494 e. The van der Waals surface area contributed by atoms with Gasteiger partial charge in [-0.3, -0.25) is 4.79 Å². The number of rotatable bonds is 5. The monoisotopic (exact) mass is 370 g/mol. The van der Waals surface area contributed by atoms with E-state index in [0.717, 1.165) is 6.07 Å². The number of amides is 1. The molecule has 5 nitrogen and oxygen atoms in total. The highest BCUT2D eigenvalue weighted by atomic mass is 19.1. The lowest BCUT2D eigenvalue weighted by molar-refractivity contribution is 0.0958. The molecule has 0 saturated heterocycles. The molecule has 0 radical (unpaired) electrons. The molecule has 1 amide bonds. The molecule has 2 aromatic carbocycles. The van der Waals surface area contributed by atoms with Gasteiger partial charge in [-0.15, -0.1) is 0 Å². The Balaban J connectivity index is 1.93. The Kier molecular flexibility index (Phi) is 5.30. The normalized spacial score (nSPS) is 10.4. The van der Waals surface area contributed by atoms with Crippen molar-refractivity contribution >= 4 is 5.91 Å². The van der Waals surface area contributed by atoms with Crippen molar-refractivity contribution in [1.29, 1.82) is 0 Å². The van der Waals surface area contributed by atoms with E-state index in [9.17, 15) is 13.6 Å². The van der Waals surface area contributed by atoms with Crippen molar-refractivity contribution < 1.29 is 23.0 Å². The Morgan fingerprint density at radius 3 is 2.59 bits per heavy atom. The lowest BCUT2D eigenvalue weighted by atomic mass is 10.1. The maximum absolute atomic E-state index is 14.5. The molecule has 1 N–H and O–H groups in total. The van der Waals surface area contributed by atoms with Gasteiger partial charge in [0.25, 0.3) is 5.91 Å². The van der Waals surface area contributed by atoms with Gasteiger partial charge in [-0.05, 0) is 36.4 Å². The van der Waals surface area contributed by atoms with Gasteiger partial charge in [0.1, 0.15) is 11.6 Å². The fourth-order valence-electron chi connectivity index (χ4n) is 2.49. The average Bonchev–Trinajstić information content (AvgIpc) is 2.69. The van der Waals surface area contributed by atoms with E-state index in [0.29, 0.717) is 5.69 Å². The van der Waals surface area contributed by atoms with Crippen molar-refractivity contribution in [2.24, 2.45) is 0 Å². The molecule has 7 heteroatoms. The molecule has 1 aromatic heterocycles. The number of benzene rings is 2. The van der Waals surface area contributed by atoms with Gasteiger partial charge < -0.3 is 14.8 Å². The Morgan fingerprint density at radius 2 is 1.85 bits per heavy atom. The summed E-state index contributed by atoms with van der Waals surface area (Å²) in [7, 11) is 2.79. The lowest BCUT2D eigenvalue weighted by Crippen LogP contribution is -2.19. The van der Waals surface area contributed by atoms with Crippen molar-refractivity contribution in [2.75, 3.05) is 14.2 Å². The zero-order chi connectivity index (χ0) is 19.4. The van der Waals surface area contributed by atoms with Crippen LogP contribution < -0.4 is 14.8 Å². The third kappa shape index (κ3) is 3.87. The van der Waals surface area contributed by atoms with Gasteiger partial charge in [-0.2, -0.15) is 0 Å². The predicted octanol–water partition coefficient (Wildman–Crippen LogP) is 4.19. The second-order valence-corrected chi connectivity index (χ2v) is 5.51. The van der Waals surface area contributed by atoms with Gasteiger partial charge in [0.05, 0.1) is 18.4 Å². The number of carbonyl (C=O) groups excluding carboxylic acids is 1. The quantitative estimate of drug-likeness (QED) is 0.732. The molecular weight excluding hydrogens is 354 g/mol. The number of aromatic nitrogens is 1. The molecule has 0 aliphatic heterocycles. The van der Waals surface area contributed by atoms with Crippen molar-refractivity contribution in [3.8, 4) is 28.6 Å². The van der Waals surface area contributed by atoms with Crippen LogP contribution in [0.5, 0.6) is 17.4 Å². The van der Waals surface area contributed by atoms with Crippen LogP contribution in [0.2, 0.25) is 0 Å². The average molecular weight is 370 g/mol. The number of nitrogens with one attached hydrogen (secondary N) is 1. The first-order valence-corrected chi connectivity index (χ1v) is 8.03. The maximum atomic E-state index is 14.5. The van der Waals surface area contributed by atoms with Crippen LogP contribution in [-0.4, -0.2) is 25.0 Å². The van der Waals surface area contributed by atoms with Crippen LogP contribution >= 0.6 is 0 Å². The second kappa shape index (κ2) is 7.82. The summed E-state index contributed by atoms with van der Waals surface area (Å²) in [5.41, 5.74) is 0.451. The molecule has 0 bridgehead atoms.